The molecule has 1 heterocycles. The summed E-state index contributed by atoms with van der Waals surface area (Å²) in [5.41, 5.74) is 4.05. The quantitative estimate of drug-likeness (QED) is 0.371. The van der Waals surface area contributed by atoms with Crippen LogP contribution in [0.4, 0.5) is 5.69 Å². The summed E-state index contributed by atoms with van der Waals surface area (Å²) in [5, 5.41) is 3.26. The van der Waals surface area contributed by atoms with E-state index in [4.69, 9.17) is 0 Å². The predicted molar refractivity (Wildman–Crippen MR) is 154 cm³/mol. The molecular formula is C30H40N4O3S. The van der Waals surface area contributed by atoms with Crippen LogP contribution in [0.1, 0.15) is 57.1 Å². The molecule has 3 aromatic rings. The highest BCUT2D eigenvalue weighted by Gasteiger charge is 2.29. The van der Waals surface area contributed by atoms with Gasteiger partial charge in [0.2, 0.25) is 5.91 Å². The topological polar surface area (TPSA) is 82.6 Å². The number of nitrogens with one attached hydrogen (secondary N) is 1. The number of hydrogen-bond donors (Lipinski definition) is 1. The molecule has 0 aliphatic heterocycles. The van der Waals surface area contributed by atoms with E-state index in [1.807, 2.05) is 63.2 Å². The average Bonchev–Trinajstić information content (AvgIpc) is 2.89. The molecule has 0 saturated heterocycles. The lowest BCUT2D eigenvalue weighted by Crippen LogP contribution is -2.43. The van der Waals surface area contributed by atoms with E-state index in [-0.39, 0.29) is 22.8 Å². The summed E-state index contributed by atoms with van der Waals surface area (Å²) in [4.78, 5) is 20.0. The normalized spacial score (nSPS) is 11.8. The molecule has 204 valence electrons. The van der Waals surface area contributed by atoms with Gasteiger partial charge in [0.15, 0.2) is 0 Å². The van der Waals surface area contributed by atoms with E-state index in [2.05, 4.69) is 31.1 Å². The number of nitrogens with zero attached hydrogens (tertiary/aromatic N) is 3. The van der Waals surface area contributed by atoms with Gasteiger partial charge in [0.1, 0.15) is 6.54 Å². The Kier molecular flexibility index (Phi) is 9.68. The van der Waals surface area contributed by atoms with Crippen molar-refractivity contribution < 1.29 is 13.2 Å². The van der Waals surface area contributed by atoms with Gasteiger partial charge in [-0.3, -0.25) is 14.1 Å². The molecule has 3 rings (SSSR count). The Morgan fingerprint density at radius 1 is 0.921 bits per heavy atom. The monoisotopic (exact) mass is 536 g/mol. The van der Waals surface area contributed by atoms with Gasteiger partial charge < -0.3 is 10.2 Å². The number of benzene rings is 2. The van der Waals surface area contributed by atoms with E-state index in [1.54, 1.807) is 29.2 Å². The van der Waals surface area contributed by atoms with Crippen molar-refractivity contribution in [3.05, 3.63) is 89.2 Å². The third kappa shape index (κ3) is 7.42. The maximum absolute atomic E-state index is 13.9. The second kappa shape index (κ2) is 12.5. The van der Waals surface area contributed by atoms with Gasteiger partial charge in [0, 0.05) is 13.1 Å². The van der Waals surface area contributed by atoms with Crippen LogP contribution in [-0.2, 0) is 33.3 Å². The summed E-state index contributed by atoms with van der Waals surface area (Å²) in [6.45, 7) is 14.0. The Bertz CT molecular complexity index is 1310. The molecule has 0 bridgehead atoms. The van der Waals surface area contributed by atoms with Gasteiger partial charge in [-0.1, -0.05) is 63.6 Å². The van der Waals surface area contributed by atoms with Gasteiger partial charge in [0.25, 0.3) is 10.0 Å². The number of likely N-dealkylation sites (N-methyl/N-ethyl adjacent to an activating group) is 1. The van der Waals surface area contributed by atoms with Crippen LogP contribution in [0.5, 0.6) is 0 Å². The van der Waals surface area contributed by atoms with Gasteiger partial charge in [0.05, 0.1) is 28.5 Å². The number of aromatic nitrogens is 1. The number of carbonyl (C=O) groups is 1. The molecule has 1 amide bonds. The third-order valence-electron chi connectivity index (χ3n) is 6.42. The molecule has 0 aliphatic rings. The van der Waals surface area contributed by atoms with Crippen molar-refractivity contribution >= 4 is 21.6 Å². The first kappa shape index (κ1) is 29.3. The molecule has 0 spiro atoms. The molecule has 7 nitrogen and oxygen atoms in total. The lowest BCUT2D eigenvalue weighted by molar-refractivity contribution is -0.130. The molecule has 1 N–H and O–H groups in total. The number of hydrogen-bond acceptors (Lipinski definition) is 5. The van der Waals surface area contributed by atoms with Crippen molar-refractivity contribution in [3.8, 4) is 0 Å². The van der Waals surface area contributed by atoms with E-state index in [0.717, 1.165) is 29.1 Å². The summed E-state index contributed by atoms with van der Waals surface area (Å²) < 4.78 is 28.9. The van der Waals surface area contributed by atoms with Crippen LogP contribution in [-0.4, -0.2) is 43.8 Å². The van der Waals surface area contributed by atoms with Crippen molar-refractivity contribution in [2.75, 3.05) is 23.9 Å². The Labute approximate surface area is 228 Å². The van der Waals surface area contributed by atoms with Crippen molar-refractivity contribution in [2.24, 2.45) is 0 Å². The zero-order valence-electron chi connectivity index (χ0n) is 23.4. The largest absolute Gasteiger partial charge is 0.336 e. The molecule has 1 aromatic heterocycles. The fourth-order valence-electron chi connectivity index (χ4n) is 4.04. The maximum atomic E-state index is 13.9. The van der Waals surface area contributed by atoms with Crippen LogP contribution in [0, 0.1) is 6.92 Å². The van der Waals surface area contributed by atoms with Gasteiger partial charge in [-0.2, -0.15) is 0 Å². The van der Waals surface area contributed by atoms with E-state index in [1.165, 1.54) is 4.31 Å². The van der Waals surface area contributed by atoms with Gasteiger partial charge in [-0.05, 0) is 67.8 Å². The summed E-state index contributed by atoms with van der Waals surface area (Å²) in [6, 6.07) is 19.9. The van der Waals surface area contributed by atoms with Gasteiger partial charge >= 0.3 is 0 Å². The second-order valence-electron chi connectivity index (χ2n) is 10.4. The molecule has 0 unspecified atom stereocenters. The Hall–Kier alpha value is -3.23. The summed E-state index contributed by atoms with van der Waals surface area (Å²) in [5.74, 6) is -0.290. The van der Waals surface area contributed by atoms with Crippen molar-refractivity contribution in [2.45, 2.75) is 64.9 Å². The molecule has 0 aliphatic carbocycles. The fraction of sp³-hybridized carbons (Fsp3) is 0.400. The number of amides is 1. The lowest BCUT2D eigenvalue weighted by Gasteiger charge is -2.28. The molecule has 0 radical (unpaired) electrons. The highest BCUT2D eigenvalue weighted by molar-refractivity contribution is 7.92. The zero-order valence-corrected chi connectivity index (χ0v) is 24.2. The summed E-state index contributed by atoms with van der Waals surface area (Å²) >= 11 is 0. The smallest absolute Gasteiger partial charge is 0.264 e. The van der Waals surface area contributed by atoms with Crippen molar-refractivity contribution in [1.29, 1.82) is 0 Å². The predicted octanol–water partition coefficient (Wildman–Crippen LogP) is 5.04. The number of rotatable bonds is 11. The first-order valence-electron chi connectivity index (χ1n) is 13.1. The number of sulfonamides is 1. The number of anilines is 1. The summed E-state index contributed by atoms with van der Waals surface area (Å²) in [6.07, 6.45) is 0. The zero-order chi connectivity index (χ0) is 27.9. The molecular weight excluding hydrogens is 496 g/mol. The van der Waals surface area contributed by atoms with E-state index < -0.39 is 10.0 Å². The average molecular weight is 537 g/mol. The van der Waals surface area contributed by atoms with Crippen LogP contribution < -0.4 is 9.62 Å². The standard InChI is InChI=1S/C30H40N4O3S/c1-7-31-20-25-10-9-11-26(32-25)21-33(8-2)29(35)22-34(27-16-12-23(3)13-17-27)38(36,37)28-18-14-24(15-19-28)30(4,5)6/h9-19,31H,7-8,20-22H2,1-6H3. The minimum atomic E-state index is -3.99. The Balaban J connectivity index is 1.90. The molecule has 38 heavy (non-hydrogen) atoms. The lowest BCUT2D eigenvalue weighted by atomic mass is 9.87. The van der Waals surface area contributed by atoms with Gasteiger partial charge in [-0.25, -0.2) is 8.42 Å². The molecule has 8 heteroatoms. The first-order chi connectivity index (χ1) is 18.0. The fourth-order valence-corrected chi connectivity index (χ4v) is 5.46. The molecule has 0 fully saturated rings. The van der Waals surface area contributed by atoms with Gasteiger partial charge in [-0.15, -0.1) is 0 Å². The van der Waals surface area contributed by atoms with E-state index in [9.17, 15) is 13.2 Å². The number of pyridine rings is 1. The Morgan fingerprint density at radius 2 is 1.55 bits per heavy atom. The highest BCUT2D eigenvalue weighted by Crippen LogP contribution is 2.27. The first-order valence-corrected chi connectivity index (χ1v) is 14.5. The van der Waals surface area contributed by atoms with Crippen LogP contribution in [0.15, 0.2) is 71.6 Å². The van der Waals surface area contributed by atoms with Crippen LogP contribution in [0.2, 0.25) is 0 Å². The van der Waals surface area contributed by atoms with Crippen molar-refractivity contribution in [3.63, 3.8) is 0 Å². The number of aryl methyl sites for hydroxylation is 1. The molecule has 0 atom stereocenters. The SMILES string of the molecule is CCNCc1cccc(CN(CC)C(=O)CN(c2ccc(C)cc2)S(=O)(=O)c2ccc(C(C)(C)C)cc2)n1. The van der Waals surface area contributed by atoms with Crippen LogP contribution >= 0.6 is 0 Å². The maximum Gasteiger partial charge on any atom is 0.264 e. The second-order valence-corrected chi connectivity index (χ2v) is 12.3. The molecule has 2 aromatic carbocycles. The van der Waals surface area contributed by atoms with Crippen LogP contribution in [0.25, 0.3) is 0 Å². The molecule has 0 saturated carbocycles. The highest BCUT2D eigenvalue weighted by atomic mass is 32.2. The minimum absolute atomic E-state index is 0.103. The minimum Gasteiger partial charge on any atom is -0.336 e. The van der Waals surface area contributed by atoms with Crippen LogP contribution in [0.3, 0.4) is 0 Å². The van der Waals surface area contributed by atoms with E-state index >= 15 is 0 Å². The van der Waals surface area contributed by atoms with E-state index in [0.29, 0.717) is 25.3 Å². The Morgan fingerprint density at radius 3 is 2.13 bits per heavy atom. The third-order valence-corrected chi connectivity index (χ3v) is 8.21. The van der Waals surface area contributed by atoms with Crippen molar-refractivity contribution in [1.82, 2.24) is 15.2 Å². The summed E-state index contributed by atoms with van der Waals surface area (Å²) in [7, 11) is -3.99. The number of carbonyl (C=O) groups excluding carboxylic acids is 1.